The van der Waals surface area contributed by atoms with Crippen molar-refractivity contribution < 1.29 is 4.79 Å². The van der Waals surface area contributed by atoms with Crippen LogP contribution in [0.15, 0.2) is 24.5 Å². The van der Waals surface area contributed by atoms with Crippen molar-refractivity contribution in [3.8, 4) is 0 Å². The van der Waals surface area contributed by atoms with Gasteiger partial charge in [-0.05, 0) is 51.5 Å². The number of amides is 1. The van der Waals surface area contributed by atoms with Gasteiger partial charge in [0, 0.05) is 32.0 Å². The lowest BCUT2D eigenvalue weighted by atomic mass is 10.0. The molecule has 1 aromatic heterocycles. The number of nitrogens with one attached hydrogen (secondary N) is 1. The second-order valence-corrected chi connectivity index (χ2v) is 5.82. The highest BCUT2D eigenvalue weighted by Gasteiger charge is 2.27. The summed E-state index contributed by atoms with van der Waals surface area (Å²) < 4.78 is 0. The van der Waals surface area contributed by atoms with Gasteiger partial charge in [0.25, 0.3) is 0 Å². The molecule has 1 aliphatic rings. The molecule has 1 fully saturated rings. The lowest BCUT2D eigenvalue weighted by molar-refractivity contribution is -0.126. The molecule has 1 saturated heterocycles. The third kappa shape index (κ3) is 4.25. The van der Waals surface area contributed by atoms with Gasteiger partial charge in [-0.15, -0.1) is 0 Å². The first-order valence-electron chi connectivity index (χ1n) is 7.66. The second kappa shape index (κ2) is 7.52. The van der Waals surface area contributed by atoms with Gasteiger partial charge in [-0.25, -0.2) is 0 Å². The third-order valence-electron chi connectivity index (χ3n) is 4.50. The molecular weight excluding hydrogens is 264 g/mol. The highest BCUT2D eigenvalue weighted by molar-refractivity contribution is 5.80. The van der Waals surface area contributed by atoms with Gasteiger partial charge >= 0.3 is 0 Å². The van der Waals surface area contributed by atoms with E-state index in [1.165, 1.54) is 5.56 Å². The van der Waals surface area contributed by atoms with E-state index < -0.39 is 0 Å². The van der Waals surface area contributed by atoms with Crippen LogP contribution in [0.3, 0.4) is 0 Å². The van der Waals surface area contributed by atoms with Gasteiger partial charge < -0.3 is 5.32 Å². The molecule has 1 atom stereocenters. The first-order chi connectivity index (χ1) is 10.1. The maximum absolute atomic E-state index is 11.7. The highest BCUT2D eigenvalue weighted by Crippen LogP contribution is 2.19. The predicted molar refractivity (Wildman–Crippen MR) is 83.8 cm³/mol. The Balaban J connectivity index is 1.81. The molecule has 0 aliphatic carbocycles. The number of piperidine rings is 1. The van der Waals surface area contributed by atoms with Crippen LogP contribution in [0.4, 0.5) is 0 Å². The maximum Gasteiger partial charge on any atom is 0.236 e. The number of pyridine rings is 1. The molecule has 1 aliphatic heterocycles. The van der Waals surface area contributed by atoms with Crippen molar-refractivity contribution >= 4 is 5.91 Å². The minimum atomic E-state index is -0.0649. The predicted octanol–water partition coefficient (Wildman–Crippen LogP) is 1.11. The van der Waals surface area contributed by atoms with E-state index in [2.05, 4.69) is 33.2 Å². The molecule has 5 heteroatoms. The van der Waals surface area contributed by atoms with E-state index in [-0.39, 0.29) is 11.9 Å². The number of likely N-dealkylation sites (N-methyl/N-ethyl adjacent to an activating group) is 2. The summed E-state index contributed by atoms with van der Waals surface area (Å²) in [7, 11) is 3.75. The fourth-order valence-corrected chi connectivity index (χ4v) is 2.94. The van der Waals surface area contributed by atoms with Crippen LogP contribution in [0, 0.1) is 0 Å². The molecule has 0 bridgehead atoms. The summed E-state index contributed by atoms with van der Waals surface area (Å²) in [5.41, 5.74) is 1.27. The summed E-state index contributed by atoms with van der Waals surface area (Å²) in [6.07, 6.45) is 5.97. The Morgan fingerprint density at radius 1 is 1.52 bits per heavy atom. The summed E-state index contributed by atoms with van der Waals surface area (Å²) >= 11 is 0. The van der Waals surface area contributed by atoms with Gasteiger partial charge in [0.15, 0.2) is 0 Å². The van der Waals surface area contributed by atoms with E-state index in [1.807, 2.05) is 25.4 Å². The second-order valence-electron chi connectivity index (χ2n) is 5.82. The average molecular weight is 290 g/mol. The molecule has 1 N–H and O–H groups in total. The number of hydrogen-bond donors (Lipinski definition) is 1. The van der Waals surface area contributed by atoms with Crippen molar-refractivity contribution in [3.05, 3.63) is 30.1 Å². The molecule has 0 radical (unpaired) electrons. The van der Waals surface area contributed by atoms with Crippen LogP contribution in [0.5, 0.6) is 0 Å². The summed E-state index contributed by atoms with van der Waals surface area (Å²) in [5, 5.41) is 2.73. The lowest BCUT2D eigenvalue weighted by Crippen LogP contribution is -2.50. The molecule has 0 unspecified atom stereocenters. The number of likely N-dealkylation sites (tertiary alicyclic amines) is 1. The first-order valence-corrected chi connectivity index (χ1v) is 7.66. The summed E-state index contributed by atoms with van der Waals surface area (Å²) in [5.74, 6) is 0.0929. The van der Waals surface area contributed by atoms with Crippen LogP contribution >= 0.6 is 0 Å². The largest absolute Gasteiger partial charge is 0.358 e. The standard InChI is InChI=1S/C16H26N4O/c1-13(16(21)17-2)19(3)15-6-9-20(10-7-15)12-14-5-4-8-18-11-14/h4-5,8,11,13,15H,6-7,9-10,12H2,1-3H3,(H,17,21)/t13-/m1/s1. The number of hydrogen-bond acceptors (Lipinski definition) is 4. The van der Waals surface area contributed by atoms with E-state index >= 15 is 0 Å². The van der Waals surface area contributed by atoms with Gasteiger partial charge in [0.1, 0.15) is 0 Å². The van der Waals surface area contributed by atoms with Crippen LogP contribution in [-0.4, -0.2) is 60.0 Å². The van der Waals surface area contributed by atoms with Crippen molar-refractivity contribution in [3.63, 3.8) is 0 Å². The molecule has 0 aromatic carbocycles. The van der Waals surface area contributed by atoms with Gasteiger partial charge in [0.2, 0.25) is 5.91 Å². The Kier molecular flexibility index (Phi) is 5.70. The SMILES string of the molecule is CNC(=O)[C@@H](C)N(C)C1CCN(Cc2cccnc2)CC1. The minimum Gasteiger partial charge on any atom is -0.358 e. The smallest absolute Gasteiger partial charge is 0.236 e. The van der Waals surface area contributed by atoms with Crippen LogP contribution in [0.25, 0.3) is 0 Å². The molecule has 2 rings (SSSR count). The van der Waals surface area contributed by atoms with E-state index in [0.29, 0.717) is 6.04 Å². The van der Waals surface area contributed by atoms with E-state index in [4.69, 9.17) is 0 Å². The quantitative estimate of drug-likeness (QED) is 0.882. The number of rotatable bonds is 5. The maximum atomic E-state index is 11.7. The Morgan fingerprint density at radius 3 is 2.81 bits per heavy atom. The average Bonchev–Trinajstić information content (AvgIpc) is 2.54. The zero-order valence-electron chi connectivity index (χ0n) is 13.2. The van der Waals surface area contributed by atoms with Crippen LogP contribution in [0.1, 0.15) is 25.3 Å². The van der Waals surface area contributed by atoms with Crippen molar-refractivity contribution in [1.82, 2.24) is 20.1 Å². The Bertz CT molecular complexity index is 443. The minimum absolute atomic E-state index is 0.0649. The molecule has 0 saturated carbocycles. The van der Waals surface area contributed by atoms with Gasteiger partial charge in [-0.1, -0.05) is 6.07 Å². The summed E-state index contributed by atoms with van der Waals surface area (Å²) in [4.78, 5) is 20.6. The molecule has 1 amide bonds. The Morgan fingerprint density at radius 2 is 2.24 bits per heavy atom. The lowest BCUT2D eigenvalue weighted by Gasteiger charge is -2.38. The van der Waals surface area contributed by atoms with E-state index in [9.17, 15) is 4.79 Å². The molecule has 116 valence electrons. The Labute approximate surface area is 127 Å². The zero-order chi connectivity index (χ0) is 15.2. The molecule has 0 spiro atoms. The normalized spacial score (nSPS) is 18.7. The van der Waals surface area contributed by atoms with Crippen molar-refractivity contribution in [2.24, 2.45) is 0 Å². The van der Waals surface area contributed by atoms with E-state index in [0.717, 1.165) is 32.5 Å². The molecule has 5 nitrogen and oxygen atoms in total. The van der Waals surface area contributed by atoms with Gasteiger partial charge in [0.05, 0.1) is 6.04 Å². The molecule has 1 aromatic rings. The zero-order valence-corrected chi connectivity index (χ0v) is 13.2. The van der Waals surface area contributed by atoms with Gasteiger partial charge in [-0.2, -0.15) is 0 Å². The Hall–Kier alpha value is -1.46. The fourth-order valence-electron chi connectivity index (χ4n) is 2.94. The summed E-state index contributed by atoms with van der Waals surface area (Å²) in [6, 6.07) is 4.53. The highest BCUT2D eigenvalue weighted by atomic mass is 16.2. The first kappa shape index (κ1) is 15.9. The van der Waals surface area contributed by atoms with Crippen LogP contribution < -0.4 is 5.32 Å². The molecule has 2 heterocycles. The number of carbonyl (C=O) groups is 1. The van der Waals surface area contributed by atoms with Gasteiger partial charge in [-0.3, -0.25) is 19.6 Å². The van der Waals surface area contributed by atoms with Crippen LogP contribution in [-0.2, 0) is 11.3 Å². The third-order valence-corrected chi connectivity index (χ3v) is 4.50. The molecule has 21 heavy (non-hydrogen) atoms. The number of carbonyl (C=O) groups excluding carboxylic acids is 1. The van der Waals surface area contributed by atoms with Crippen LogP contribution in [0.2, 0.25) is 0 Å². The summed E-state index contributed by atoms with van der Waals surface area (Å²) in [6.45, 7) is 5.09. The fraction of sp³-hybridized carbons (Fsp3) is 0.625. The monoisotopic (exact) mass is 290 g/mol. The van der Waals surface area contributed by atoms with Crippen molar-refractivity contribution in [2.75, 3.05) is 27.2 Å². The number of aromatic nitrogens is 1. The van der Waals surface area contributed by atoms with Crippen molar-refractivity contribution in [2.45, 2.75) is 38.4 Å². The van der Waals surface area contributed by atoms with E-state index in [1.54, 1.807) is 7.05 Å². The van der Waals surface area contributed by atoms with Crippen molar-refractivity contribution in [1.29, 1.82) is 0 Å². The molecular formula is C16H26N4O. The number of nitrogens with zero attached hydrogens (tertiary/aromatic N) is 3. The topological polar surface area (TPSA) is 48.5 Å².